The van der Waals surface area contributed by atoms with E-state index in [0.29, 0.717) is 40.1 Å². The first-order valence-corrected chi connectivity index (χ1v) is 9.06. The average Bonchev–Trinajstić information content (AvgIpc) is 3.08. The lowest BCUT2D eigenvalue weighted by Gasteiger charge is -2.20. The van der Waals surface area contributed by atoms with Crippen LogP contribution in [0.5, 0.6) is 0 Å². The topological polar surface area (TPSA) is 58.1 Å². The molecule has 5 nitrogen and oxygen atoms in total. The fourth-order valence-electron chi connectivity index (χ4n) is 3.26. The molecule has 3 aromatic rings. The molecule has 2 heterocycles. The van der Waals surface area contributed by atoms with Crippen molar-refractivity contribution in [1.82, 2.24) is 9.97 Å². The number of anilines is 3. The summed E-state index contributed by atoms with van der Waals surface area (Å²) >= 11 is 6.15. The predicted molar refractivity (Wildman–Crippen MR) is 106 cm³/mol. The average molecular weight is 419 g/mol. The fourth-order valence-corrected chi connectivity index (χ4v) is 3.43. The van der Waals surface area contributed by atoms with Crippen LogP contribution >= 0.6 is 11.6 Å². The number of rotatable bonds is 3. The van der Waals surface area contributed by atoms with Crippen molar-refractivity contribution >= 4 is 45.6 Å². The summed E-state index contributed by atoms with van der Waals surface area (Å²) in [6.45, 7) is 0.701. The van der Waals surface area contributed by atoms with Crippen LogP contribution in [0.15, 0.2) is 54.9 Å². The van der Waals surface area contributed by atoms with Gasteiger partial charge in [-0.2, -0.15) is 13.2 Å². The Morgan fingerprint density at radius 1 is 1.17 bits per heavy atom. The number of fused-ring (bicyclic) bond motifs is 2. The molecule has 29 heavy (non-hydrogen) atoms. The van der Waals surface area contributed by atoms with Crippen LogP contribution in [-0.2, 0) is 11.2 Å². The van der Waals surface area contributed by atoms with E-state index in [9.17, 15) is 18.0 Å². The maximum absolute atomic E-state index is 12.2. The highest BCUT2D eigenvalue weighted by Gasteiger charge is 2.24. The molecule has 0 aliphatic carbocycles. The smallest absolute Gasteiger partial charge is 0.325 e. The Kier molecular flexibility index (Phi) is 4.87. The molecule has 1 aliphatic heterocycles. The molecule has 0 radical (unpaired) electrons. The quantitative estimate of drug-likeness (QED) is 0.606. The molecule has 0 bridgehead atoms. The predicted octanol–water partition coefficient (Wildman–Crippen LogP) is 5.03. The van der Waals surface area contributed by atoms with Gasteiger partial charge in [0.05, 0.1) is 5.52 Å². The second kappa shape index (κ2) is 7.36. The van der Waals surface area contributed by atoms with E-state index in [-0.39, 0.29) is 6.08 Å². The van der Waals surface area contributed by atoms with Crippen molar-refractivity contribution in [3.8, 4) is 0 Å². The first-order chi connectivity index (χ1) is 13.8. The van der Waals surface area contributed by atoms with Crippen LogP contribution < -0.4 is 10.2 Å². The molecule has 1 aliphatic rings. The van der Waals surface area contributed by atoms with Crippen LogP contribution in [0.2, 0.25) is 5.02 Å². The number of allylic oxidation sites excluding steroid dienone is 1. The number of carbonyl (C=O) groups is 1. The molecule has 0 atom stereocenters. The first kappa shape index (κ1) is 19.2. The molecule has 0 saturated heterocycles. The zero-order valence-electron chi connectivity index (χ0n) is 14.9. The fraction of sp³-hybridized carbons (Fsp3) is 0.150. The van der Waals surface area contributed by atoms with Crippen molar-refractivity contribution in [3.63, 3.8) is 0 Å². The third kappa shape index (κ3) is 4.17. The van der Waals surface area contributed by atoms with E-state index in [1.54, 1.807) is 18.2 Å². The Labute approximate surface area is 168 Å². The number of benzene rings is 2. The van der Waals surface area contributed by atoms with Gasteiger partial charge in [-0.1, -0.05) is 17.7 Å². The van der Waals surface area contributed by atoms with E-state index in [2.05, 4.69) is 15.3 Å². The van der Waals surface area contributed by atoms with Gasteiger partial charge in [0.25, 0.3) is 0 Å². The van der Waals surface area contributed by atoms with Crippen LogP contribution in [0.25, 0.3) is 10.9 Å². The van der Waals surface area contributed by atoms with E-state index in [1.807, 2.05) is 23.1 Å². The number of hydrogen-bond donors (Lipinski definition) is 1. The van der Waals surface area contributed by atoms with Crippen LogP contribution in [0.1, 0.15) is 5.56 Å². The summed E-state index contributed by atoms with van der Waals surface area (Å²) < 4.78 is 36.7. The Bertz CT molecular complexity index is 1130. The first-order valence-electron chi connectivity index (χ1n) is 8.68. The van der Waals surface area contributed by atoms with Gasteiger partial charge in [-0.05, 0) is 42.3 Å². The molecule has 1 amide bonds. The van der Waals surface area contributed by atoms with Gasteiger partial charge < -0.3 is 10.2 Å². The van der Waals surface area contributed by atoms with Crippen molar-refractivity contribution < 1.29 is 18.0 Å². The molecule has 0 fully saturated rings. The van der Waals surface area contributed by atoms with Crippen molar-refractivity contribution in [1.29, 1.82) is 0 Å². The summed E-state index contributed by atoms with van der Waals surface area (Å²) in [7, 11) is 0. The minimum absolute atomic E-state index is 0.108. The van der Waals surface area contributed by atoms with Crippen molar-refractivity contribution in [2.75, 3.05) is 16.8 Å². The molecular formula is C20H14ClF3N4O. The van der Waals surface area contributed by atoms with Gasteiger partial charge in [0.15, 0.2) is 0 Å². The van der Waals surface area contributed by atoms with E-state index >= 15 is 0 Å². The monoisotopic (exact) mass is 418 g/mol. The Morgan fingerprint density at radius 3 is 2.79 bits per heavy atom. The van der Waals surface area contributed by atoms with Crippen molar-refractivity contribution in [2.45, 2.75) is 12.6 Å². The van der Waals surface area contributed by atoms with E-state index in [0.717, 1.165) is 17.7 Å². The largest absolute Gasteiger partial charge is 0.409 e. The van der Waals surface area contributed by atoms with E-state index in [4.69, 9.17) is 11.6 Å². The molecule has 9 heteroatoms. The number of nitrogens with one attached hydrogen (secondary N) is 1. The molecule has 1 N–H and O–H groups in total. The number of hydrogen-bond acceptors (Lipinski definition) is 4. The van der Waals surface area contributed by atoms with Crippen molar-refractivity contribution in [2.24, 2.45) is 0 Å². The van der Waals surface area contributed by atoms with Gasteiger partial charge in [0, 0.05) is 40.5 Å². The lowest BCUT2D eigenvalue weighted by molar-refractivity contribution is -0.112. The molecule has 0 spiro atoms. The number of halogens is 4. The minimum atomic E-state index is -4.55. The van der Waals surface area contributed by atoms with Crippen LogP contribution in [-0.4, -0.2) is 28.6 Å². The number of nitrogens with zero attached hydrogens (tertiary/aromatic N) is 3. The van der Waals surface area contributed by atoms with Gasteiger partial charge in [-0.25, -0.2) is 9.97 Å². The molecule has 0 unspecified atom stereocenters. The lowest BCUT2D eigenvalue weighted by atomic mass is 10.1. The Balaban J connectivity index is 1.69. The third-order valence-corrected chi connectivity index (χ3v) is 4.74. The lowest BCUT2D eigenvalue weighted by Crippen LogP contribution is -2.15. The number of amides is 1. The second-order valence-corrected chi connectivity index (χ2v) is 6.90. The van der Waals surface area contributed by atoms with Gasteiger partial charge >= 0.3 is 6.18 Å². The summed E-state index contributed by atoms with van der Waals surface area (Å²) in [5.41, 5.74) is 3.08. The highest BCUT2D eigenvalue weighted by Crippen LogP contribution is 2.38. The maximum atomic E-state index is 12.2. The van der Waals surface area contributed by atoms with Gasteiger partial charge in [0.1, 0.15) is 12.1 Å². The van der Waals surface area contributed by atoms with Gasteiger partial charge in [-0.15, -0.1) is 0 Å². The molecule has 0 saturated carbocycles. The Hall–Kier alpha value is -3.13. The highest BCUT2D eigenvalue weighted by molar-refractivity contribution is 6.31. The molecule has 148 valence electrons. The maximum Gasteiger partial charge on any atom is 0.409 e. The Morgan fingerprint density at radius 2 is 2.00 bits per heavy atom. The zero-order chi connectivity index (χ0) is 20.6. The highest BCUT2D eigenvalue weighted by atomic mass is 35.5. The van der Waals surface area contributed by atoms with Gasteiger partial charge in [0.2, 0.25) is 5.91 Å². The third-order valence-electron chi connectivity index (χ3n) is 4.50. The van der Waals surface area contributed by atoms with Crippen LogP contribution in [0.4, 0.5) is 30.4 Å². The molecule has 4 rings (SSSR count). The SMILES string of the molecule is O=C(C=CC(F)(F)F)Nc1ccc2ncnc(N3CCc4ccc(Cl)cc43)c2c1. The van der Waals surface area contributed by atoms with Crippen molar-refractivity contribution in [3.05, 3.63) is 65.5 Å². The minimum Gasteiger partial charge on any atom is -0.325 e. The number of carbonyl (C=O) groups excluding carboxylic acids is 1. The molecule has 2 aromatic carbocycles. The van der Waals surface area contributed by atoms with Gasteiger partial charge in [-0.3, -0.25) is 4.79 Å². The normalized spacial score (nSPS) is 13.9. The number of alkyl halides is 3. The summed E-state index contributed by atoms with van der Waals surface area (Å²) in [6, 6.07) is 10.6. The standard InChI is InChI=1S/C20H14ClF3N4O/c21-13-2-1-12-6-8-28(17(12)9-13)19-15-10-14(3-4-16(15)25-11-26-19)27-18(29)5-7-20(22,23)24/h1-5,7,9-11H,6,8H2,(H,27,29). The number of aromatic nitrogens is 2. The van der Waals surface area contributed by atoms with E-state index in [1.165, 1.54) is 6.33 Å². The summed E-state index contributed by atoms with van der Waals surface area (Å²) in [5, 5.41) is 3.71. The molecule has 1 aromatic heterocycles. The second-order valence-electron chi connectivity index (χ2n) is 6.47. The summed E-state index contributed by atoms with van der Waals surface area (Å²) in [5.74, 6) is -0.240. The van der Waals surface area contributed by atoms with E-state index < -0.39 is 12.1 Å². The summed E-state index contributed by atoms with van der Waals surface area (Å²) in [4.78, 5) is 22.4. The zero-order valence-corrected chi connectivity index (χ0v) is 15.6. The van der Waals surface area contributed by atoms with Crippen LogP contribution in [0, 0.1) is 0 Å². The summed E-state index contributed by atoms with van der Waals surface area (Å²) in [6.07, 6.45) is -1.93. The van der Waals surface area contributed by atoms with Crippen LogP contribution in [0.3, 0.4) is 0 Å². The molecular weight excluding hydrogens is 405 g/mol.